The molecule has 1 aliphatic heterocycles. The topological polar surface area (TPSA) is 6.25 Å². The Bertz CT molecular complexity index is 809. The van der Waals surface area contributed by atoms with Crippen LogP contribution in [-0.2, 0) is 0 Å². The van der Waals surface area contributed by atoms with E-state index in [2.05, 4.69) is 89.0 Å². The van der Waals surface area contributed by atoms with Crippen LogP contribution in [-0.4, -0.2) is 11.3 Å². The number of fused-ring (bicyclic) bond motifs is 1. The third-order valence-electron chi connectivity index (χ3n) is 4.12. The van der Waals surface area contributed by atoms with Crippen molar-refractivity contribution in [3.05, 3.63) is 90.5 Å². The van der Waals surface area contributed by atoms with Gasteiger partial charge in [-0.2, -0.15) is 4.58 Å². The second-order valence-corrected chi connectivity index (χ2v) is 5.45. The van der Waals surface area contributed by atoms with Gasteiger partial charge in [-0.3, -0.25) is 4.90 Å². The van der Waals surface area contributed by atoms with Crippen molar-refractivity contribution in [2.24, 2.45) is 0 Å². The molecule has 1 heterocycles. The van der Waals surface area contributed by atoms with Crippen molar-refractivity contribution < 1.29 is 4.58 Å². The second kappa shape index (κ2) is 5.15. The maximum Gasteiger partial charge on any atom is 0.264 e. The van der Waals surface area contributed by atoms with Crippen LogP contribution in [0.3, 0.4) is 0 Å². The van der Waals surface area contributed by atoms with E-state index in [0.29, 0.717) is 0 Å². The molecule has 0 radical (unpaired) electrons. The molecule has 0 saturated heterocycles. The number of hydrogen-bond acceptors (Lipinski definition) is 1. The van der Waals surface area contributed by atoms with E-state index in [1.54, 1.807) is 0 Å². The molecule has 0 amide bonds. The Hall–Kier alpha value is -2.87. The van der Waals surface area contributed by atoms with Gasteiger partial charge in [-0.15, -0.1) is 0 Å². The highest BCUT2D eigenvalue weighted by atomic mass is 15.4. The van der Waals surface area contributed by atoms with Crippen LogP contribution in [0.25, 0.3) is 0 Å². The van der Waals surface area contributed by atoms with E-state index in [1.807, 2.05) is 12.1 Å². The fourth-order valence-electron chi connectivity index (χ4n) is 3.14. The number of rotatable bonds is 2. The van der Waals surface area contributed by atoms with Gasteiger partial charge in [0.15, 0.2) is 0 Å². The Kier molecular flexibility index (Phi) is 3.01. The van der Waals surface area contributed by atoms with Crippen LogP contribution < -0.4 is 4.90 Å². The third kappa shape index (κ3) is 1.92. The maximum atomic E-state index is 4.30. The Balaban J connectivity index is 1.92. The van der Waals surface area contributed by atoms with Crippen molar-refractivity contribution in [3.63, 3.8) is 0 Å². The zero-order chi connectivity index (χ0) is 14.9. The van der Waals surface area contributed by atoms with Crippen molar-refractivity contribution in [2.75, 3.05) is 4.90 Å². The normalized spacial score (nSPS) is 16.6. The van der Waals surface area contributed by atoms with Crippen LogP contribution in [0.1, 0.15) is 11.7 Å². The molecule has 1 aliphatic rings. The molecule has 0 aliphatic carbocycles. The van der Waals surface area contributed by atoms with Crippen LogP contribution in [0.5, 0.6) is 0 Å². The monoisotopic (exact) mass is 285 g/mol. The van der Waals surface area contributed by atoms with Crippen LogP contribution >= 0.6 is 0 Å². The van der Waals surface area contributed by atoms with Crippen molar-refractivity contribution >= 4 is 23.8 Å². The molecule has 0 saturated carbocycles. The summed E-state index contributed by atoms with van der Waals surface area (Å²) in [5, 5.41) is 0. The second-order valence-electron chi connectivity index (χ2n) is 5.45. The highest BCUT2D eigenvalue weighted by Gasteiger charge is 2.41. The molecule has 0 fully saturated rings. The van der Waals surface area contributed by atoms with E-state index < -0.39 is 0 Å². The van der Waals surface area contributed by atoms with Crippen LogP contribution in [0, 0.1) is 0 Å². The summed E-state index contributed by atoms with van der Waals surface area (Å²) in [6.07, 6.45) is 0.0704. The van der Waals surface area contributed by atoms with E-state index in [9.17, 15) is 0 Å². The zero-order valence-corrected chi connectivity index (χ0v) is 12.3. The van der Waals surface area contributed by atoms with Gasteiger partial charge in [-0.05, 0) is 18.2 Å². The minimum absolute atomic E-state index is 0.0704. The number of nitrogens with zero attached hydrogens (tertiary/aromatic N) is 2. The Morgan fingerprint density at radius 3 is 2.05 bits per heavy atom. The van der Waals surface area contributed by atoms with Gasteiger partial charge in [0, 0.05) is 17.3 Å². The molecule has 4 rings (SSSR count). The average molecular weight is 285 g/mol. The Labute approximate surface area is 130 Å². The van der Waals surface area contributed by atoms with Crippen LogP contribution in [0.2, 0.25) is 0 Å². The summed E-state index contributed by atoms with van der Waals surface area (Å²) in [4.78, 5) is 2.34. The molecule has 0 bridgehead atoms. The molecule has 1 atom stereocenters. The number of benzene rings is 3. The standard InChI is InChI=1S/C20H17N2/c1-21-18-14-8-9-15-19(18)22(17-12-6-3-7-13-17)20(21)16-10-4-2-5-11-16/h2-15,20H,1H2/q+1. The first-order valence-electron chi connectivity index (χ1n) is 7.44. The summed E-state index contributed by atoms with van der Waals surface area (Å²) >= 11 is 0. The Morgan fingerprint density at radius 2 is 1.32 bits per heavy atom. The molecule has 1 unspecified atom stereocenters. The smallest absolute Gasteiger partial charge is 0.264 e. The van der Waals surface area contributed by atoms with E-state index in [0.717, 1.165) is 5.69 Å². The molecular formula is C20H17N2+. The highest BCUT2D eigenvalue weighted by molar-refractivity contribution is 5.76. The highest BCUT2D eigenvalue weighted by Crippen LogP contribution is 2.48. The molecule has 2 nitrogen and oxygen atoms in total. The SMILES string of the molecule is C=[N+]1c2ccccc2N(c2ccccc2)C1c1ccccc1. The molecule has 2 heteroatoms. The first-order valence-corrected chi connectivity index (χ1v) is 7.44. The third-order valence-corrected chi connectivity index (χ3v) is 4.12. The van der Waals surface area contributed by atoms with Crippen molar-refractivity contribution in [1.82, 2.24) is 0 Å². The summed E-state index contributed by atoms with van der Waals surface area (Å²) in [6, 6.07) is 29.4. The molecular weight excluding hydrogens is 268 g/mol. The van der Waals surface area contributed by atoms with Gasteiger partial charge >= 0.3 is 0 Å². The average Bonchev–Trinajstić information content (AvgIpc) is 2.90. The van der Waals surface area contributed by atoms with Gasteiger partial charge < -0.3 is 0 Å². The van der Waals surface area contributed by atoms with E-state index in [-0.39, 0.29) is 6.17 Å². The van der Waals surface area contributed by atoms with Crippen molar-refractivity contribution in [2.45, 2.75) is 6.17 Å². The molecule has 3 aromatic rings. The van der Waals surface area contributed by atoms with Crippen LogP contribution in [0.4, 0.5) is 17.1 Å². The molecule has 3 aromatic carbocycles. The number of para-hydroxylation sites is 3. The maximum absolute atomic E-state index is 4.30. The van der Waals surface area contributed by atoms with Gasteiger partial charge in [-0.1, -0.05) is 60.7 Å². The molecule has 0 spiro atoms. The van der Waals surface area contributed by atoms with E-state index >= 15 is 0 Å². The zero-order valence-electron chi connectivity index (χ0n) is 12.3. The number of anilines is 2. The largest absolute Gasteiger partial charge is 0.273 e. The first-order chi connectivity index (χ1) is 10.9. The number of hydrogen-bond donors (Lipinski definition) is 0. The molecule has 22 heavy (non-hydrogen) atoms. The summed E-state index contributed by atoms with van der Waals surface area (Å²) in [5.74, 6) is 0. The molecule has 106 valence electrons. The van der Waals surface area contributed by atoms with Gasteiger partial charge in [0.2, 0.25) is 5.69 Å². The van der Waals surface area contributed by atoms with Crippen molar-refractivity contribution in [1.29, 1.82) is 0 Å². The fraction of sp³-hybridized carbons (Fsp3) is 0.0500. The summed E-state index contributed by atoms with van der Waals surface area (Å²) in [7, 11) is 0. The minimum Gasteiger partial charge on any atom is -0.273 e. The lowest BCUT2D eigenvalue weighted by Gasteiger charge is -2.22. The van der Waals surface area contributed by atoms with Crippen LogP contribution in [0.15, 0.2) is 84.9 Å². The predicted molar refractivity (Wildman–Crippen MR) is 91.2 cm³/mol. The first kappa shape index (κ1) is 12.8. The summed E-state index contributed by atoms with van der Waals surface area (Å²) < 4.78 is 2.09. The van der Waals surface area contributed by atoms with E-state index in [4.69, 9.17) is 0 Å². The predicted octanol–water partition coefficient (Wildman–Crippen LogP) is 4.88. The lowest BCUT2D eigenvalue weighted by molar-refractivity contribution is -0.469. The lowest BCUT2D eigenvalue weighted by Crippen LogP contribution is -2.24. The lowest BCUT2D eigenvalue weighted by atomic mass is 10.1. The van der Waals surface area contributed by atoms with Gasteiger partial charge in [0.1, 0.15) is 12.4 Å². The fourth-order valence-corrected chi connectivity index (χ4v) is 3.14. The van der Waals surface area contributed by atoms with E-state index in [1.165, 1.54) is 16.9 Å². The van der Waals surface area contributed by atoms with Crippen molar-refractivity contribution in [3.8, 4) is 0 Å². The summed E-state index contributed by atoms with van der Waals surface area (Å²) in [5.41, 5.74) is 4.75. The summed E-state index contributed by atoms with van der Waals surface area (Å²) in [6.45, 7) is 4.30. The quantitative estimate of drug-likeness (QED) is 0.608. The molecule has 0 aromatic heterocycles. The van der Waals surface area contributed by atoms with Gasteiger partial charge in [0.05, 0.1) is 0 Å². The Morgan fingerprint density at radius 1 is 0.727 bits per heavy atom. The van der Waals surface area contributed by atoms with Gasteiger partial charge in [-0.25, -0.2) is 0 Å². The minimum atomic E-state index is 0.0704. The van der Waals surface area contributed by atoms with Gasteiger partial charge in [0.25, 0.3) is 6.17 Å². The molecule has 0 N–H and O–H groups in total.